The quantitative estimate of drug-likeness (QED) is 0.728. The Morgan fingerprint density at radius 2 is 1.48 bits per heavy atom. The molecule has 2 heteroatoms. The molecule has 1 amide bonds. The molecule has 0 spiro atoms. The van der Waals surface area contributed by atoms with Crippen molar-refractivity contribution in [3.05, 3.63) is 35.9 Å². The van der Waals surface area contributed by atoms with Crippen LogP contribution < -0.4 is 0 Å². The van der Waals surface area contributed by atoms with Crippen LogP contribution in [-0.2, 0) is 11.2 Å². The van der Waals surface area contributed by atoms with Crippen LogP contribution >= 0.6 is 0 Å². The second kappa shape index (κ2) is 7.63. The lowest BCUT2D eigenvalue weighted by Crippen LogP contribution is -2.45. The van der Waals surface area contributed by atoms with E-state index in [1.165, 1.54) is 5.56 Å². The Labute approximate surface area is 130 Å². The smallest absolute Gasteiger partial charge is 0.228 e. The summed E-state index contributed by atoms with van der Waals surface area (Å²) in [5.41, 5.74) is 0.871. The zero-order valence-electron chi connectivity index (χ0n) is 14.5. The minimum atomic E-state index is -0.356. The van der Waals surface area contributed by atoms with Crippen LogP contribution in [0.3, 0.4) is 0 Å². The Kier molecular flexibility index (Phi) is 6.44. The summed E-state index contributed by atoms with van der Waals surface area (Å²) in [5.74, 6) is 1.27. The number of rotatable bonds is 7. The van der Waals surface area contributed by atoms with Crippen LogP contribution in [0, 0.1) is 17.3 Å². The molecule has 0 unspecified atom stereocenters. The van der Waals surface area contributed by atoms with Crippen LogP contribution in [0.1, 0.15) is 47.1 Å². The van der Waals surface area contributed by atoms with Crippen molar-refractivity contribution in [3.63, 3.8) is 0 Å². The fraction of sp³-hybridized carbons (Fsp3) is 0.632. The lowest BCUT2D eigenvalue weighted by molar-refractivity contribution is -0.141. The van der Waals surface area contributed by atoms with Gasteiger partial charge in [-0.1, -0.05) is 71.9 Å². The van der Waals surface area contributed by atoms with Crippen LogP contribution in [0.15, 0.2) is 30.3 Å². The van der Waals surface area contributed by atoms with Crippen LogP contribution in [0.25, 0.3) is 0 Å². The molecule has 0 heterocycles. The summed E-state index contributed by atoms with van der Waals surface area (Å²) in [6.45, 7) is 14.5. The number of hydrogen-bond donors (Lipinski definition) is 0. The molecule has 0 aromatic heterocycles. The zero-order valence-corrected chi connectivity index (χ0v) is 14.5. The first-order valence-corrected chi connectivity index (χ1v) is 8.05. The van der Waals surface area contributed by atoms with Gasteiger partial charge in [-0.15, -0.1) is 0 Å². The number of nitrogens with zero attached hydrogens (tertiary/aromatic N) is 1. The van der Waals surface area contributed by atoms with Crippen LogP contribution in [0.2, 0.25) is 0 Å². The van der Waals surface area contributed by atoms with Crippen molar-refractivity contribution in [3.8, 4) is 0 Å². The molecule has 0 atom stereocenters. The summed E-state index contributed by atoms with van der Waals surface area (Å²) in [4.78, 5) is 15.0. The Bertz CT molecular complexity index is 424. The van der Waals surface area contributed by atoms with Crippen LogP contribution in [0.5, 0.6) is 0 Å². The predicted molar refractivity (Wildman–Crippen MR) is 90.2 cm³/mol. The molecule has 1 aromatic carbocycles. The van der Waals surface area contributed by atoms with Gasteiger partial charge in [0.25, 0.3) is 0 Å². The third kappa shape index (κ3) is 5.91. The molecule has 1 aromatic rings. The lowest BCUT2D eigenvalue weighted by atomic mass is 9.84. The highest BCUT2D eigenvalue weighted by Crippen LogP contribution is 2.25. The summed E-state index contributed by atoms with van der Waals surface area (Å²) < 4.78 is 0. The number of hydrogen-bond acceptors (Lipinski definition) is 1. The van der Waals surface area contributed by atoms with Gasteiger partial charge in [0, 0.05) is 18.5 Å². The summed E-state index contributed by atoms with van der Waals surface area (Å²) in [7, 11) is 0. The van der Waals surface area contributed by atoms with Crippen LogP contribution in [0.4, 0.5) is 0 Å². The van der Waals surface area contributed by atoms with Crippen molar-refractivity contribution >= 4 is 5.91 Å². The minimum Gasteiger partial charge on any atom is -0.342 e. The molecular formula is C19H31NO. The average Bonchev–Trinajstić information content (AvgIpc) is 2.36. The zero-order chi connectivity index (χ0) is 16.0. The van der Waals surface area contributed by atoms with Gasteiger partial charge in [0.05, 0.1) is 0 Å². The Morgan fingerprint density at radius 3 is 1.90 bits per heavy atom. The van der Waals surface area contributed by atoms with Crippen LogP contribution in [-0.4, -0.2) is 23.9 Å². The highest BCUT2D eigenvalue weighted by atomic mass is 16.2. The summed E-state index contributed by atoms with van der Waals surface area (Å²) in [6.07, 6.45) is 0.791. The molecule has 21 heavy (non-hydrogen) atoms. The maximum Gasteiger partial charge on any atom is 0.228 e. The first kappa shape index (κ1) is 17.7. The summed E-state index contributed by atoms with van der Waals surface area (Å²) >= 11 is 0. The van der Waals surface area contributed by atoms with Gasteiger partial charge in [-0.3, -0.25) is 4.79 Å². The Balaban J connectivity index is 2.84. The molecule has 0 saturated heterocycles. The van der Waals surface area contributed by atoms with Crippen molar-refractivity contribution in [1.82, 2.24) is 4.90 Å². The lowest BCUT2D eigenvalue weighted by Gasteiger charge is -2.34. The minimum absolute atomic E-state index is 0.272. The molecule has 118 valence electrons. The average molecular weight is 289 g/mol. The van der Waals surface area contributed by atoms with Crippen molar-refractivity contribution < 1.29 is 4.79 Å². The summed E-state index contributed by atoms with van der Waals surface area (Å²) in [5, 5.41) is 0. The molecule has 0 N–H and O–H groups in total. The van der Waals surface area contributed by atoms with Crippen molar-refractivity contribution in [2.24, 2.45) is 17.3 Å². The molecule has 2 nitrogen and oxygen atoms in total. The van der Waals surface area contributed by atoms with Gasteiger partial charge in [0.1, 0.15) is 0 Å². The molecule has 0 fully saturated rings. The number of carbonyl (C=O) groups is 1. The van der Waals surface area contributed by atoms with Gasteiger partial charge >= 0.3 is 0 Å². The van der Waals surface area contributed by atoms with Gasteiger partial charge in [-0.05, 0) is 23.8 Å². The molecule has 0 aliphatic heterocycles. The number of carbonyl (C=O) groups excluding carboxylic acids is 1. The van der Waals surface area contributed by atoms with E-state index >= 15 is 0 Å². The number of amides is 1. The van der Waals surface area contributed by atoms with Gasteiger partial charge in [0.2, 0.25) is 5.91 Å². The highest BCUT2D eigenvalue weighted by Gasteiger charge is 2.32. The molecule has 0 aliphatic rings. The topological polar surface area (TPSA) is 20.3 Å². The van der Waals surface area contributed by atoms with E-state index in [1.54, 1.807) is 0 Å². The molecule has 0 bridgehead atoms. The SMILES string of the molecule is CC(C)CN(CC(C)C)C(=O)C(C)(C)Cc1ccccc1. The largest absolute Gasteiger partial charge is 0.342 e. The van der Waals surface area contributed by atoms with E-state index in [1.807, 2.05) is 18.2 Å². The summed E-state index contributed by atoms with van der Waals surface area (Å²) in [6, 6.07) is 10.3. The van der Waals surface area contributed by atoms with Gasteiger partial charge in [-0.2, -0.15) is 0 Å². The van der Waals surface area contributed by atoms with E-state index < -0.39 is 0 Å². The van der Waals surface area contributed by atoms with Crippen molar-refractivity contribution in [1.29, 1.82) is 0 Å². The molecule has 0 radical (unpaired) electrons. The van der Waals surface area contributed by atoms with Gasteiger partial charge in [-0.25, -0.2) is 0 Å². The van der Waals surface area contributed by atoms with E-state index in [9.17, 15) is 4.79 Å². The first-order chi connectivity index (χ1) is 9.72. The first-order valence-electron chi connectivity index (χ1n) is 8.05. The normalized spacial score (nSPS) is 12.0. The van der Waals surface area contributed by atoms with Gasteiger partial charge < -0.3 is 4.90 Å². The second-order valence-electron chi connectivity index (χ2n) is 7.54. The Morgan fingerprint density at radius 1 is 1.00 bits per heavy atom. The van der Waals surface area contributed by atoms with E-state index in [-0.39, 0.29) is 11.3 Å². The van der Waals surface area contributed by atoms with E-state index in [0.29, 0.717) is 11.8 Å². The van der Waals surface area contributed by atoms with Crippen molar-refractivity contribution in [2.75, 3.05) is 13.1 Å². The van der Waals surface area contributed by atoms with E-state index in [0.717, 1.165) is 19.5 Å². The maximum absolute atomic E-state index is 13.0. The number of benzene rings is 1. The third-order valence-corrected chi connectivity index (χ3v) is 3.53. The molecule has 0 saturated carbocycles. The maximum atomic E-state index is 13.0. The third-order valence-electron chi connectivity index (χ3n) is 3.53. The monoisotopic (exact) mass is 289 g/mol. The highest BCUT2D eigenvalue weighted by molar-refractivity contribution is 5.82. The van der Waals surface area contributed by atoms with Crippen molar-refractivity contribution in [2.45, 2.75) is 48.0 Å². The second-order valence-corrected chi connectivity index (χ2v) is 7.54. The molecule has 0 aliphatic carbocycles. The fourth-order valence-electron chi connectivity index (χ4n) is 2.73. The Hall–Kier alpha value is -1.31. The van der Waals surface area contributed by atoms with E-state index in [4.69, 9.17) is 0 Å². The predicted octanol–water partition coefficient (Wildman–Crippen LogP) is 4.40. The standard InChI is InChI=1S/C19H31NO/c1-15(2)13-20(14-16(3)4)18(21)19(5,6)12-17-10-8-7-9-11-17/h7-11,15-16H,12-14H2,1-6H3. The van der Waals surface area contributed by atoms with Gasteiger partial charge in [0.15, 0.2) is 0 Å². The van der Waals surface area contributed by atoms with E-state index in [2.05, 4.69) is 58.6 Å². The molecular weight excluding hydrogens is 258 g/mol. The fourth-order valence-corrected chi connectivity index (χ4v) is 2.73. The molecule has 1 rings (SSSR count).